The van der Waals surface area contributed by atoms with Gasteiger partial charge in [-0.15, -0.1) is 0 Å². The van der Waals surface area contributed by atoms with Gasteiger partial charge in [-0.1, -0.05) is 157 Å². The molecule has 0 radical (unpaired) electrons. The topological polar surface area (TPSA) is 8.17 Å². The summed E-state index contributed by atoms with van der Waals surface area (Å²) in [7, 11) is 0. The largest absolute Gasteiger partial charge is 0.310 e. The van der Waals surface area contributed by atoms with Gasteiger partial charge in [0.15, 0.2) is 0 Å². The third-order valence-corrected chi connectivity index (χ3v) is 8.00. The van der Waals surface area contributed by atoms with Crippen LogP contribution in [0.4, 0.5) is 17.1 Å². The second-order valence-electron chi connectivity index (χ2n) is 11.0. The Bertz CT molecular complexity index is 4910. The molecule has 0 aliphatic heterocycles. The predicted octanol–water partition coefficient (Wildman–Crippen LogP) is 14.4. The zero-order valence-electron chi connectivity index (χ0n) is 62.9. The molecule has 0 amide bonds. The molecular formula is C52H36N2. The van der Waals surface area contributed by atoms with E-state index in [0.717, 1.165) is 0 Å². The zero-order chi connectivity index (χ0) is 67.2. The molecule has 54 heavy (non-hydrogen) atoms. The van der Waals surface area contributed by atoms with E-state index in [1.807, 2.05) is 0 Å². The monoisotopic (exact) mass is 725 g/mol. The smallest absolute Gasteiger partial charge is 0.0651 e. The van der Waals surface area contributed by atoms with E-state index in [1.165, 1.54) is 0 Å². The molecule has 0 unspecified atom stereocenters. The molecule has 0 atom stereocenters. The third kappa shape index (κ3) is 5.53. The van der Waals surface area contributed by atoms with E-state index in [2.05, 4.69) is 0 Å². The first-order valence-electron chi connectivity index (χ1n) is 33.6. The summed E-state index contributed by atoms with van der Waals surface area (Å²) in [6, 6.07) is -40.4. The van der Waals surface area contributed by atoms with Crippen LogP contribution in [-0.4, -0.2) is 4.57 Å². The van der Waals surface area contributed by atoms with Gasteiger partial charge in [0.2, 0.25) is 0 Å². The Morgan fingerprint density at radius 1 is 0.352 bits per heavy atom. The van der Waals surface area contributed by atoms with E-state index in [0.29, 0.717) is 4.57 Å². The third-order valence-electron chi connectivity index (χ3n) is 8.00. The van der Waals surface area contributed by atoms with Crippen LogP contribution >= 0.6 is 0 Å². The number of anilines is 3. The van der Waals surface area contributed by atoms with Crippen molar-refractivity contribution in [2.45, 2.75) is 0 Å². The Labute approximate surface area is 366 Å². The molecule has 254 valence electrons. The quantitative estimate of drug-likeness (QED) is 0.159. The van der Waals surface area contributed by atoms with Crippen LogP contribution in [0, 0.1) is 0 Å². The maximum atomic E-state index is 10.2. The number of nitrogens with zero attached hydrogens (tertiary/aromatic N) is 2. The average molecular weight is 725 g/mol. The number of hydrogen-bond acceptors (Lipinski definition) is 1. The lowest BCUT2D eigenvalue weighted by Gasteiger charge is -2.26. The van der Waals surface area contributed by atoms with Crippen LogP contribution in [-0.2, 0) is 0 Å². The first-order chi connectivity index (χ1) is 41.8. The minimum atomic E-state index is -1.41. The van der Waals surface area contributed by atoms with Gasteiger partial charge in [-0.3, -0.25) is 0 Å². The predicted molar refractivity (Wildman–Crippen MR) is 229 cm³/mol. The fraction of sp³-hybridized carbons (Fsp3) is 0. The van der Waals surface area contributed by atoms with Crippen molar-refractivity contribution in [1.82, 2.24) is 4.57 Å². The molecule has 0 saturated carbocycles. The molecule has 0 spiro atoms. The minimum Gasteiger partial charge on any atom is -0.310 e. The van der Waals surface area contributed by atoms with Crippen LogP contribution in [0.1, 0.15) is 49.3 Å². The Kier molecular flexibility index (Phi) is 2.90. The SMILES string of the molecule is [2H]c1c([2H])c([2H])c(-c2c([2H])c([2H])c(N(c3c([2H])c([2H])c(-c4c([2H])c([2H])c([2H])c5c([2H])c([2H])c([2H])c([2H])c45)c([2H])c3[2H])c3c([2H])c([2H])c([2H])c(-c4c([2H])c([2H])c([2H])c5c4c4c([2H])c([2H])c([2H])c([2H])c4n5-c4c([2H])c([2H])c([2H])c([2H])c4[2H])c3[2H])c([2H])c2[2H])c([2H])c1[2H]. The summed E-state index contributed by atoms with van der Waals surface area (Å²) >= 11 is 0. The number of aromatic nitrogens is 1. The summed E-state index contributed by atoms with van der Waals surface area (Å²) in [6.45, 7) is 0. The summed E-state index contributed by atoms with van der Waals surface area (Å²) in [4.78, 5) is 0.209. The molecule has 9 aromatic carbocycles. The highest BCUT2D eigenvalue weighted by Gasteiger charge is 2.18. The van der Waals surface area contributed by atoms with Gasteiger partial charge in [0, 0.05) is 33.5 Å². The first kappa shape index (κ1) is 11.7. The molecule has 2 nitrogen and oxygen atoms in total. The van der Waals surface area contributed by atoms with Crippen LogP contribution in [0.2, 0.25) is 0 Å². The van der Waals surface area contributed by atoms with Crippen molar-refractivity contribution in [3.8, 4) is 39.1 Å². The summed E-state index contributed by atoms with van der Waals surface area (Å²) in [5.41, 5.74) is -12.3. The minimum absolute atomic E-state index is 0.209. The summed E-state index contributed by atoms with van der Waals surface area (Å²) in [5, 5.41) is -2.98. The van der Waals surface area contributed by atoms with Crippen LogP contribution < -0.4 is 4.90 Å². The number of rotatable bonds is 7. The van der Waals surface area contributed by atoms with Crippen LogP contribution in [0.15, 0.2) is 218 Å². The van der Waals surface area contributed by atoms with Crippen molar-refractivity contribution in [2.75, 3.05) is 4.90 Å². The fourth-order valence-corrected chi connectivity index (χ4v) is 5.71. The number of hydrogen-bond donors (Lipinski definition) is 0. The molecule has 10 aromatic rings. The van der Waals surface area contributed by atoms with Gasteiger partial charge >= 0.3 is 0 Å². The number of fused-ring (bicyclic) bond motifs is 4. The molecule has 1 aromatic heterocycles. The van der Waals surface area contributed by atoms with Crippen molar-refractivity contribution >= 4 is 49.6 Å². The molecule has 0 bridgehead atoms. The maximum Gasteiger partial charge on any atom is 0.0651 e. The van der Waals surface area contributed by atoms with Gasteiger partial charge in [0.05, 0.1) is 60.4 Å². The Balaban J connectivity index is 1.45. The van der Waals surface area contributed by atoms with Gasteiger partial charge < -0.3 is 9.47 Å². The molecule has 1 heterocycles. The van der Waals surface area contributed by atoms with E-state index < -0.39 is 306 Å². The summed E-state index contributed by atoms with van der Waals surface area (Å²) in [6.07, 6.45) is 0. The Morgan fingerprint density at radius 2 is 0.889 bits per heavy atom. The van der Waals surface area contributed by atoms with Crippen LogP contribution in [0.5, 0.6) is 0 Å². The molecule has 0 aliphatic rings. The van der Waals surface area contributed by atoms with E-state index in [1.54, 1.807) is 0 Å². The lowest BCUT2D eigenvalue weighted by Crippen LogP contribution is -2.10. The van der Waals surface area contributed by atoms with Crippen molar-refractivity contribution in [2.24, 2.45) is 0 Å². The van der Waals surface area contributed by atoms with Crippen LogP contribution in [0.25, 0.3) is 71.6 Å². The summed E-state index contributed by atoms with van der Waals surface area (Å²) in [5.74, 6) is 0. The number of para-hydroxylation sites is 2. The van der Waals surface area contributed by atoms with Crippen molar-refractivity contribution in [1.29, 1.82) is 0 Å². The molecule has 0 N–H and O–H groups in total. The molecule has 0 fully saturated rings. The Morgan fingerprint density at radius 3 is 1.67 bits per heavy atom. The molecule has 2 heteroatoms. The normalized spacial score (nSPS) is 20.7. The zero-order valence-corrected chi connectivity index (χ0v) is 26.9. The highest BCUT2D eigenvalue weighted by molar-refractivity contribution is 6.16. The molecular weight excluding hydrogens is 653 g/mol. The van der Waals surface area contributed by atoms with Crippen molar-refractivity contribution in [3.05, 3.63) is 218 Å². The molecule has 0 aliphatic carbocycles. The second-order valence-corrected chi connectivity index (χ2v) is 11.0. The first-order valence-corrected chi connectivity index (χ1v) is 15.6. The van der Waals surface area contributed by atoms with Gasteiger partial charge in [-0.25, -0.2) is 0 Å². The van der Waals surface area contributed by atoms with Crippen molar-refractivity contribution < 1.29 is 49.3 Å². The number of benzene rings is 9. The summed E-state index contributed by atoms with van der Waals surface area (Å²) < 4.78 is 326. The van der Waals surface area contributed by atoms with Gasteiger partial charge in [0.25, 0.3) is 0 Å². The van der Waals surface area contributed by atoms with Gasteiger partial charge in [0.1, 0.15) is 0 Å². The highest BCUT2D eigenvalue weighted by Crippen LogP contribution is 2.42. The maximum absolute atomic E-state index is 10.2. The highest BCUT2D eigenvalue weighted by atomic mass is 15.1. The van der Waals surface area contributed by atoms with E-state index in [9.17, 15) is 23.3 Å². The Hall–Kier alpha value is -7.16. The standard InChI is InChI=1S/C52H36N2/c1-3-14-37(15-4-1)38-28-32-43(33-29-38)53(44-34-30-40(31-35-44)47-24-12-17-39-16-7-8-22-46(39)47)45-21-11-18-41(36-45)48-25-13-27-51-52(48)49-23-9-10-26-50(49)54(51)42-19-5-2-6-20-42/h1-36H/i1D,2D,3D,4D,5D,6D,7D,8D,9D,10D,11D,12D,13D,14D,15D,16D,17D,18D,19D,20D,21D,22D,23D,24D,25D,26D,27D,28D,29D,30D,31D,32D,33D,34D,35D,36D. The van der Waals surface area contributed by atoms with Crippen LogP contribution in [0.3, 0.4) is 0 Å². The molecule has 0 saturated heterocycles. The lowest BCUT2D eigenvalue weighted by molar-refractivity contribution is 1.18. The lowest BCUT2D eigenvalue weighted by atomic mass is 9.97. The van der Waals surface area contributed by atoms with Gasteiger partial charge in [-0.05, 0) is 105 Å². The average Bonchev–Trinajstić information content (AvgIpc) is 1.42. The van der Waals surface area contributed by atoms with E-state index in [-0.39, 0.29) is 4.90 Å². The second kappa shape index (κ2) is 13.4. The fourth-order valence-electron chi connectivity index (χ4n) is 5.71. The van der Waals surface area contributed by atoms with Gasteiger partial charge in [-0.2, -0.15) is 0 Å². The van der Waals surface area contributed by atoms with Crippen molar-refractivity contribution in [3.63, 3.8) is 0 Å². The molecule has 10 rings (SSSR count). The van der Waals surface area contributed by atoms with E-state index >= 15 is 0 Å². The van der Waals surface area contributed by atoms with E-state index in [4.69, 9.17) is 26.0 Å².